The quantitative estimate of drug-likeness (QED) is 0.259. The van der Waals surface area contributed by atoms with E-state index in [0.29, 0.717) is 11.1 Å². The van der Waals surface area contributed by atoms with Crippen molar-refractivity contribution in [2.45, 2.75) is 6.54 Å². The van der Waals surface area contributed by atoms with E-state index < -0.39 is 17.6 Å². The van der Waals surface area contributed by atoms with Crippen molar-refractivity contribution in [2.24, 2.45) is 0 Å². The van der Waals surface area contributed by atoms with Crippen LogP contribution in [-0.2, 0) is 16.1 Å². The summed E-state index contributed by atoms with van der Waals surface area (Å²) in [7, 11) is 0. The number of rotatable bonds is 4. The van der Waals surface area contributed by atoms with Gasteiger partial charge in [-0.05, 0) is 11.5 Å². The van der Waals surface area contributed by atoms with Crippen LogP contribution < -0.4 is 10.6 Å². The van der Waals surface area contributed by atoms with E-state index in [1.807, 2.05) is 5.92 Å². The molecule has 2 amide bonds. The maximum absolute atomic E-state index is 11.5. The van der Waals surface area contributed by atoms with Gasteiger partial charge in [-0.3, -0.25) is 14.4 Å². The van der Waals surface area contributed by atoms with Gasteiger partial charge in [-0.15, -0.1) is 6.42 Å². The minimum absolute atomic E-state index is 0.0115. The second-order valence-electron chi connectivity index (χ2n) is 3.65. The third kappa shape index (κ3) is 3.97. The molecule has 1 aromatic rings. The first-order valence-corrected chi connectivity index (χ1v) is 5.62. The number of Topliss-reactive ketones (excluding diaryl/α,β-unsaturated/α-hetero) is 1. The van der Waals surface area contributed by atoms with Gasteiger partial charge in [-0.25, -0.2) is 0 Å². The number of ketones is 1. The maximum Gasteiger partial charge on any atom is 0.310 e. The van der Waals surface area contributed by atoms with Crippen LogP contribution in [0.15, 0.2) is 24.3 Å². The molecule has 100 valence electrons. The first kappa shape index (κ1) is 14.9. The van der Waals surface area contributed by atoms with Gasteiger partial charge in [0.2, 0.25) is 5.78 Å². The predicted octanol–water partition coefficient (Wildman–Crippen LogP) is -0.242. The highest BCUT2D eigenvalue weighted by molar-refractivity contribution is 6.35. The van der Waals surface area contributed by atoms with Crippen LogP contribution in [0.5, 0.6) is 0 Å². The van der Waals surface area contributed by atoms with E-state index in [1.54, 1.807) is 30.3 Å². The molecule has 0 bridgehead atoms. The maximum atomic E-state index is 11.5. The zero-order valence-corrected chi connectivity index (χ0v) is 10.5. The van der Waals surface area contributed by atoms with Crippen molar-refractivity contribution in [1.82, 2.24) is 10.6 Å². The summed E-state index contributed by atoms with van der Waals surface area (Å²) in [5.74, 6) is -0.299. The van der Waals surface area contributed by atoms with Crippen LogP contribution in [0.2, 0.25) is 0 Å². The Balaban J connectivity index is 2.70. The molecule has 0 spiro atoms. The minimum Gasteiger partial charge on any atom is -0.344 e. The average molecular weight is 269 g/mol. The summed E-state index contributed by atoms with van der Waals surface area (Å²) < 4.78 is 0. The number of hydrogen-bond donors (Lipinski definition) is 2. The van der Waals surface area contributed by atoms with Gasteiger partial charge in [0.05, 0.1) is 6.07 Å². The lowest BCUT2D eigenvalue weighted by molar-refractivity contribution is -0.139. The molecular formula is C14H11N3O3. The summed E-state index contributed by atoms with van der Waals surface area (Å²) in [5, 5.41) is 12.7. The second kappa shape index (κ2) is 7.34. The molecule has 20 heavy (non-hydrogen) atoms. The molecule has 0 aromatic heterocycles. The van der Waals surface area contributed by atoms with E-state index in [0.717, 1.165) is 0 Å². The molecule has 0 aliphatic heterocycles. The molecule has 0 heterocycles. The summed E-state index contributed by atoms with van der Waals surface area (Å²) in [5.41, 5.74) is 0.810. The van der Waals surface area contributed by atoms with Crippen molar-refractivity contribution in [1.29, 1.82) is 5.26 Å². The van der Waals surface area contributed by atoms with Crippen molar-refractivity contribution >= 4 is 17.6 Å². The summed E-state index contributed by atoms with van der Waals surface area (Å²) in [4.78, 5) is 34.1. The molecule has 0 fully saturated rings. The van der Waals surface area contributed by atoms with Crippen molar-refractivity contribution in [3.63, 3.8) is 0 Å². The molecule has 0 aliphatic rings. The summed E-state index contributed by atoms with van der Waals surface area (Å²) in [6.07, 6.45) is 5.05. The number of amides is 2. The molecule has 6 nitrogen and oxygen atoms in total. The van der Waals surface area contributed by atoms with E-state index in [2.05, 4.69) is 10.6 Å². The Kier molecular flexibility index (Phi) is 5.49. The van der Waals surface area contributed by atoms with Gasteiger partial charge in [-0.1, -0.05) is 24.3 Å². The second-order valence-corrected chi connectivity index (χ2v) is 3.65. The van der Waals surface area contributed by atoms with E-state index in [1.165, 1.54) is 0 Å². The van der Waals surface area contributed by atoms with Crippen LogP contribution in [0.25, 0.3) is 0 Å². The number of nitriles is 1. The fraction of sp³-hybridized carbons (Fsp3) is 0.143. The minimum atomic E-state index is -0.910. The first-order valence-electron chi connectivity index (χ1n) is 5.62. The fourth-order valence-corrected chi connectivity index (χ4v) is 1.43. The Labute approximate surface area is 115 Å². The topological polar surface area (TPSA) is 99.1 Å². The lowest BCUT2D eigenvalue weighted by Gasteiger charge is -2.07. The number of nitrogens with one attached hydrogen (secondary N) is 2. The number of nitrogens with zero attached hydrogens (tertiary/aromatic N) is 1. The SMILES string of the molecule is C#CC(=O)c1ccccc1CNC(=O)C(=O)NCC#N. The lowest BCUT2D eigenvalue weighted by atomic mass is 10.0. The Morgan fingerprint density at radius 3 is 2.45 bits per heavy atom. The molecule has 0 atom stereocenters. The number of hydrogen-bond acceptors (Lipinski definition) is 4. The van der Waals surface area contributed by atoms with Gasteiger partial charge >= 0.3 is 11.8 Å². The number of carbonyl (C=O) groups excluding carboxylic acids is 3. The van der Waals surface area contributed by atoms with E-state index in [9.17, 15) is 14.4 Å². The van der Waals surface area contributed by atoms with Crippen molar-refractivity contribution < 1.29 is 14.4 Å². The van der Waals surface area contributed by atoms with Gasteiger partial charge in [0.15, 0.2) is 0 Å². The third-order valence-corrected chi connectivity index (χ3v) is 2.37. The number of carbonyl (C=O) groups is 3. The van der Waals surface area contributed by atoms with Gasteiger partial charge in [0, 0.05) is 12.1 Å². The van der Waals surface area contributed by atoms with E-state index in [4.69, 9.17) is 11.7 Å². The highest BCUT2D eigenvalue weighted by Gasteiger charge is 2.14. The van der Waals surface area contributed by atoms with Gasteiger partial charge in [0.1, 0.15) is 6.54 Å². The summed E-state index contributed by atoms with van der Waals surface area (Å²) in [6, 6.07) is 8.18. The standard InChI is InChI=1S/C14H11N3O3/c1-2-12(18)11-6-4-3-5-10(11)9-17-14(20)13(19)16-8-7-15/h1,3-6H,8-9H2,(H,16,19)(H,17,20). The monoisotopic (exact) mass is 269 g/mol. The van der Waals surface area contributed by atoms with Crippen LogP contribution in [0.1, 0.15) is 15.9 Å². The molecule has 1 aromatic carbocycles. The Morgan fingerprint density at radius 2 is 1.80 bits per heavy atom. The highest BCUT2D eigenvalue weighted by atomic mass is 16.2. The largest absolute Gasteiger partial charge is 0.344 e. The molecule has 2 N–H and O–H groups in total. The highest BCUT2D eigenvalue weighted by Crippen LogP contribution is 2.09. The average Bonchev–Trinajstić information content (AvgIpc) is 2.49. The Bertz CT molecular complexity index is 623. The Morgan fingerprint density at radius 1 is 1.15 bits per heavy atom. The van der Waals surface area contributed by atoms with E-state index >= 15 is 0 Å². The number of benzene rings is 1. The van der Waals surface area contributed by atoms with Crippen LogP contribution in [0, 0.1) is 23.7 Å². The molecule has 0 saturated heterocycles. The Hall–Kier alpha value is -3.12. The molecule has 0 aliphatic carbocycles. The zero-order valence-electron chi connectivity index (χ0n) is 10.5. The summed E-state index contributed by atoms with van der Waals surface area (Å²) in [6.45, 7) is -0.263. The van der Waals surface area contributed by atoms with Gasteiger partial charge < -0.3 is 10.6 Å². The first-order chi connectivity index (χ1) is 9.60. The van der Waals surface area contributed by atoms with Crippen molar-refractivity contribution in [2.75, 3.05) is 6.54 Å². The smallest absolute Gasteiger partial charge is 0.310 e. The molecule has 0 saturated carbocycles. The van der Waals surface area contributed by atoms with Gasteiger partial charge in [0.25, 0.3) is 0 Å². The fourth-order valence-electron chi connectivity index (χ4n) is 1.43. The third-order valence-electron chi connectivity index (χ3n) is 2.37. The van der Waals surface area contributed by atoms with Crippen LogP contribution in [-0.4, -0.2) is 24.1 Å². The van der Waals surface area contributed by atoms with E-state index in [-0.39, 0.29) is 13.1 Å². The predicted molar refractivity (Wildman–Crippen MR) is 70.1 cm³/mol. The molecule has 6 heteroatoms. The van der Waals surface area contributed by atoms with Crippen molar-refractivity contribution in [3.05, 3.63) is 35.4 Å². The molecule has 0 radical (unpaired) electrons. The lowest BCUT2D eigenvalue weighted by Crippen LogP contribution is -2.39. The normalized spacial score (nSPS) is 8.90. The molecular weight excluding hydrogens is 258 g/mol. The summed E-state index contributed by atoms with van der Waals surface area (Å²) >= 11 is 0. The van der Waals surface area contributed by atoms with Crippen LogP contribution in [0.3, 0.4) is 0 Å². The van der Waals surface area contributed by atoms with Gasteiger partial charge in [-0.2, -0.15) is 5.26 Å². The molecule has 1 rings (SSSR count). The van der Waals surface area contributed by atoms with Crippen LogP contribution in [0.4, 0.5) is 0 Å². The van der Waals surface area contributed by atoms with Crippen LogP contribution >= 0.6 is 0 Å². The molecule has 0 unspecified atom stereocenters. The zero-order chi connectivity index (χ0) is 15.0. The van der Waals surface area contributed by atoms with Crippen molar-refractivity contribution in [3.8, 4) is 18.4 Å². The number of terminal acetylenes is 1.